The lowest BCUT2D eigenvalue weighted by molar-refractivity contribution is -0.131. The molecule has 138 valence electrons. The van der Waals surface area contributed by atoms with Crippen molar-refractivity contribution in [3.8, 4) is 0 Å². The highest BCUT2D eigenvalue weighted by Crippen LogP contribution is 2.17. The van der Waals surface area contributed by atoms with Crippen LogP contribution in [0.5, 0.6) is 0 Å². The number of hydrogen-bond acceptors (Lipinski definition) is 4. The second-order valence-corrected chi connectivity index (χ2v) is 6.62. The van der Waals surface area contributed by atoms with Gasteiger partial charge < -0.3 is 15.1 Å². The zero-order chi connectivity index (χ0) is 17.4. The van der Waals surface area contributed by atoms with E-state index in [9.17, 15) is 4.79 Å². The molecule has 0 aliphatic carbocycles. The average Bonchev–Trinajstić information content (AvgIpc) is 2.82. The van der Waals surface area contributed by atoms with E-state index in [-0.39, 0.29) is 29.9 Å². The van der Waals surface area contributed by atoms with Crippen molar-refractivity contribution in [2.75, 3.05) is 33.2 Å². The number of nitrogens with one attached hydrogen (secondary N) is 1. The van der Waals surface area contributed by atoms with Crippen LogP contribution in [0.15, 0.2) is 4.99 Å². The summed E-state index contributed by atoms with van der Waals surface area (Å²) in [7, 11) is 1.90. The molecule has 1 rings (SSSR count). The van der Waals surface area contributed by atoms with E-state index in [0.717, 1.165) is 36.3 Å². The van der Waals surface area contributed by atoms with Gasteiger partial charge in [-0.1, -0.05) is 0 Å². The van der Waals surface area contributed by atoms with Crippen LogP contribution in [0.1, 0.15) is 36.3 Å². The van der Waals surface area contributed by atoms with Gasteiger partial charge in [-0.3, -0.25) is 4.79 Å². The molecule has 8 heteroatoms. The van der Waals surface area contributed by atoms with E-state index in [1.165, 1.54) is 4.88 Å². The van der Waals surface area contributed by atoms with Crippen molar-refractivity contribution in [1.29, 1.82) is 0 Å². The number of likely N-dealkylation sites (N-methyl/N-ethyl adjacent to an activating group) is 2. The Balaban J connectivity index is 0.00000529. The number of guanidine groups is 1. The summed E-state index contributed by atoms with van der Waals surface area (Å²) in [5.41, 5.74) is 1.04. The maximum absolute atomic E-state index is 12.2. The fraction of sp³-hybridized carbons (Fsp3) is 0.688. The number of nitrogens with zero attached hydrogens (tertiary/aromatic N) is 4. The van der Waals surface area contributed by atoms with Gasteiger partial charge >= 0.3 is 0 Å². The molecular formula is C16H30IN5OS. The largest absolute Gasteiger partial charge is 0.357 e. The highest BCUT2D eigenvalue weighted by molar-refractivity contribution is 14.0. The van der Waals surface area contributed by atoms with E-state index in [1.807, 2.05) is 51.5 Å². The van der Waals surface area contributed by atoms with Gasteiger partial charge in [0.15, 0.2) is 5.96 Å². The number of thiazole rings is 1. The molecule has 1 N–H and O–H groups in total. The zero-order valence-corrected chi connectivity index (χ0v) is 18.7. The van der Waals surface area contributed by atoms with Crippen LogP contribution in [0.2, 0.25) is 0 Å². The summed E-state index contributed by atoms with van der Waals surface area (Å²) in [4.78, 5) is 26.2. The number of aryl methyl sites for hydroxylation is 2. The number of carbonyl (C=O) groups excluding carboxylic acids is 1. The molecule has 0 fully saturated rings. The molecule has 0 bridgehead atoms. The lowest BCUT2D eigenvalue weighted by Crippen LogP contribution is -2.45. The normalized spacial score (nSPS) is 11.0. The highest BCUT2D eigenvalue weighted by Gasteiger charge is 2.15. The van der Waals surface area contributed by atoms with Crippen molar-refractivity contribution >= 4 is 47.2 Å². The molecule has 1 amide bonds. The van der Waals surface area contributed by atoms with E-state index < -0.39 is 0 Å². The number of hydrogen-bond donors (Lipinski definition) is 1. The van der Waals surface area contributed by atoms with Gasteiger partial charge in [-0.2, -0.15) is 0 Å². The summed E-state index contributed by atoms with van der Waals surface area (Å²) in [5.74, 6) is 0.867. The number of aliphatic imine (C=N–C) groups is 1. The molecule has 0 aromatic carbocycles. The molecule has 0 aliphatic rings. The molecule has 1 heterocycles. The Morgan fingerprint density at radius 1 is 1.25 bits per heavy atom. The van der Waals surface area contributed by atoms with Crippen LogP contribution in [0.25, 0.3) is 0 Å². The fourth-order valence-electron chi connectivity index (χ4n) is 2.29. The Morgan fingerprint density at radius 2 is 1.88 bits per heavy atom. The quantitative estimate of drug-likeness (QED) is 0.381. The van der Waals surface area contributed by atoms with Crippen LogP contribution in [-0.2, 0) is 11.3 Å². The van der Waals surface area contributed by atoms with Crippen molar-refractivity contribution in [1.82, 2.24) is 20.1 Å². The fourth-order valence-corrected chi connectivity index (χ4v) is 3.15. The highest BCUT2D eigenvalue weighted by atomic mass is 127. The molecule has 0 saturated carbocycles. The van der Waals surface area contributed by atoms with Crippen LogP contribution < -0.4 is 5.32 Å². The SMILES string of the molecule is CCNC(=NCc1sc(C)nc1C)N(C)CC(=O)N(CC)CC.I. The van der Waals surface area contributed by atoms with E-state index in [2.05, 4.69) is 15.3 Å². The maximum Gasteiger partial charge on any atom is 0.242 e. The van der Waals surface area contributed by atoms with Crippen LogP contribution in [0.3, 0.4) is 0 Å². The van der Waals surface area contributed by atoms with E-state index in [0.29, 0.717) is 13.1 Å². The zero-order valence-electron chi connectivity index (χ0n) is 15.5. The third kappa shape index (κ3) is 6.92. The molecule has 0 saturated heterocycles. The van der Waals surface area contributed by atoms with Crippen molar-refractivity contribution < 1.29 is 4.79 Å². The van der Waals surface area contributed by atoms with Crippen molar-refractivity contribution in [3.05, 3.63) is 15.6 Å². The van der Waals surface area contributed by atoms with Gasteiger partial charge in [0.05, 0.1) is 23.8 Å². The minimum Gasteiger partial charge on any atom is -0.357 e. The van der Waals surface area contributed by atoms with E-state index in [4.69, 9.17) is 0 Å². The van der Waals surface area contributed by atoms with Gasteiger partial charge in [0.2, 0.25) is 5.91 Å². The first-order valence-electron chi connectivity index (χ1n) is 8.12. The smallest absolute Gasteiger partial charge is 0.242 e. The summed E-state index contributed by atoms with van der Waals surface area (Å²) in [6, 6.07) is 0. The minimum absolute atomic E-state index is 0. The minimum atomic E-state index is 0. The molecule has 0 aliphatic heterocycles. The summed E-state index contributed by atoms with van der Waals surface area (Å²) >= 11 is 1.67. The van der Waals surface area contributed by atoms with Crippen LogP contribution in [0, 0.1) is 13.8 Å². The van der Waals surface area contributed by atoms with Crippen molar-refractivity contribution in [2.24, 2.45) is 4.99 Å². The Bertz CT molecular complexity index is 543. The first-order valence-corrected chi connectivity index (χ1v) is 8.94. The van der Waals surface area contributed by atoms with Gasteiger partial charge in [0, 0.05) is 31.6 Å². The summed E-state index contributed by atoms with van der Waals surface area (Å²) in [6.07, 6.45) is 0. The van der Waals surface area contributed by atoms with Gasteiger partial charge in [0.25, 0.3) is 0 Å². The topological polar surface area (TPSA) is 60.8 Å². The summed E-state index contributed by atoms with van der Waals surface area (Å²) < 4.78 is 0. The van der Waals surface area contributed by atoms with Gasteiger partial charge in [0.1, 0.15) is 0 Å². The van der Waals surface area contributed by atoms with Crippen molar-refractivity contribution in [2.45, 2.75) is 41.2 Å². The molecule has 0 spiro atoms. The second kappa shape index (κ2) is 11.6. The van der Waals surface area contributed by atoms with Crippen LogP contribution in [-0.4, -0.2) is 59.9 Å². The molecule has 6 nitrogen and oxygen atoms in total. The number of rotatable bonds is 7. The molecule has 1 aromatic heterocycles. The number of aromatic nitrogens is 1. The molecule has 1 aromatic rings. The maximum atomic E-state index is 12.2. The number of carbonyl (C=O) groups is 1. The van der Waals surface area contributed by atoms with Gasteiger partial charge in [-0.05, 0) is 34.6 Å². The Labute approximate surface area is 166 Å². The number of amides is 1. The molecule has 0 unspecified atom stereocenters. The lowest BCUT2D eigenvalue weighted by atomic mass is 10.4. The van der Waals surface area contributed by atoms with Crippen molar-refractivity contribution in [3.63, 3.8) is 0 Å². The van der Waals surface area contributed by atoms with Crippen LogP contribution >= 0.6 is 35.3 Å². The molecular weight excluding hydrogens is 437 g/mol. The second-order valence-electron chi connectivity index (χ2n) is 5.33. The first kappa shape index (κ1) is 23.1. The van der Waals surface area contributed by atoms with Crippen LogP contribution in [0.4, 0.5) is 0 Å². The third-order valence-corrected chi connectivity index (χ3v) is 4.61. The average molecular weight is 467 g/mol. The van der Waals surface area contributed by atoms with Gasteiger partial charge in [-0.25, -0.2) is 9.98 Å². The standard InChI is InChI=1S/C16H29N5OS.HI/c1-7-17-16(18-10-14-12(4)19-13(5)23-14)20(6)11-15(22)21(8-2)9-3;/h7-11H2,1-6H3,(H,17,18);1H. The Kier molecular flexibility index (Phi) is 11.2. The summed E-state index contributed by atoms with van der Waals surface area (Å²) in [5, 5.41) is 4.31. The molecule has 0 radical (unpaired) electrons. The van der Waals surface area contributed by atoms with E-state index in [1.54, 1.807) is 11.3 Å². The summed E-state index contributed by atoms with van der Waals surface area (Å²) in [6.45, 7) is 13.2. The first-order chi connectivity index (χ1) is 10.9. The monoisotopic (exact) mass is 467 g/mol. The Hall–Kier alpha value is -0.900. The third-order valence-electron chi connectivity index (χ3n) is 3.56. The van der Waals surface area contributed by atoms with E-state index >= 15 is 0 Å². The number of halogens is 1. The predicted octanol–water partition coefficient (Wildman–Crippen LogP) is 2.64. The van der Waals surface area contributed by atoms with Gasteiger partial charge in [-0.15, -0.1) is 35.3 Å². The predicted molar refractivity (Wildman–Crippen MR) is 112 cm³/mol. The Morgan fingerprint density at radius 3 is 2.33 bits per heavy atom. The molecule has 24 heavy (non-hydrogen) atoms. The molecule has 0 atom stereocenters. The lowest BCUT2D eigenvalue weighted by Gasteiger charge is -2.25.